The second-order valence-electron chi connectivity index (χ2n) is 4.10. The van der Waals surface area contributed by atoms with Crippen molar-refractivity contribution in [2.24, 2.45) is 0 Å². The Morgan fingerprint density at radius 2 is 1.95 bits per heavy atom. The Morgan fingerprint density at radius 3 is 2.63 bits per heavy atom. The molecule has 0 saturated carbocycles. The molecule has 1 heterocycles. The lowest BCUT2D eigenvalue weighted by molar-refractivity contribution is -0.124. The number of aromatic amines is 2. The minimum Gasteiger partial charge on any atom is -0.326 e. The van der Waals surface area contributed by atoms with Gasteiger partial charge in [-0.2, -0.15) is 0 Å². The summed E-state index contributed by atoms with van der Waals surface area (Å²) in [7, 11) is 0. The third kappa shape index (κ3) is 2.95. The molecular formula is C12H11N3O4. The monoisotopic (exact) mass is 261 g/mol. The zero-order valence-corrected chi connectivity index (χ0v) is 10.1. The topological polar surface area (TPSA) is 112 Å². The van der Waals surface area contributed by atoms with Gasteiger partial charge in [-0.05, 0) is 25.1 Å². The summed E-state index contributed by atoms with van der Waals surface area (Å²) in [5, 5.41) is 2.75. The fraction of sp³-hybridized carbons (Fsp3) is 0.167. The number of hydrogen-bond donors (Lipinski definition) is 3. The van der Waals surface area contributed by atoms with Crippen LogP contribution in [-0.4, -0.2) is 21.7 Å². The number of amides is 1. The number of hydrogen-bond acceptors (Lipinski definition) is 4. The fourth-order valence-corrected chi connectivity index (χ4v) is 1.67. The highest BCUT2D eigenvalue weighted by molar-refractivity contribution is 6.04. The van der Waals surface area contributed by atoms with Crippen LogP contribution in [0.1, 0.15) is 13.3 Å². The van der Waals surface area contributed by atoms with Crippen molar-refractivity contribution in [2.45, 2.75) is 13.3 Å². The summed E-state index contributed by atoms with van der Waals surface area (Å²) in [5.74, 6) is -0.701. The molecule has 0 aliphatic carbocycles. The van der Waals surface area contributed by atoms with Gasteiger partial charge in [0.05, 0.1) is 17.3 Å². The largest absolute Gasteiger partial charge is 0.326 e. The number of benzene rings is 1. The number of Topliss-reactive ketones (excluding diaryl/α,β-unsaturated/α-hetero) is 1. The van der Waals surface area contributed by atoms with E-state index in [1.807, 2.05) is 0 Å². The van der Waals surface area contributed by atoms with Crippen molar-refractivity contribution >= 4 is 28.3 Å². The molecule has 7 nitrogen and oxygen atoms in total. The average molecular weight is 261 g/mol. The Kier molecular flexibility index (Phi) is 3.28. The van der Waals surface area contributed by atoms with Crippen LogP contribution in [0.4, 0.5) is 5.69 Å². The lowest BCUT2D eigenvalue weighted by Crippen LogP contribution is -2.22. The van der Waals surface area contributed by atoms with E-state index in [0.717, 1.165) is 0 Å². The summed E-state index contributed by atoms with van der Waals surface area (Å²) < 4.78 is 0. The maximum absolute atomic E-state index is 11.6. The molecule has 1 aromatic heterocycles. The molecule has 19 heavy (non-hydrogen) atoms. The van der Waals surface area contributed by atoms with E-state index >= 15 is 0 Å². The highest BCUT2D eigenvalue weighted by atomic mass is 16.2. The van der Waals surface area contributed by atoms with Crippen LogP contribution in [0.2, 0.25) is 0 Å². The molecule has 1 aromatic carbocycles. The van der Waals surface area contributed by atoms with Gasteiger partial charge >= 0.3 is 5.69 Å². The summed E-state index contributed by atoms with van der Waals surface area (Å²) in [4.78, 5) is 49.4. The summed E-state index contributed by atoms with van der Waals surface area (Å²) in [6.45, 7) is 1.31. The lowest BCUT2D eigenvalue weighted by Gasteiger charge is -2.04. The smallest absolute Gasteiger partial charge is 0.326 e. The number of anilines is 1. The van der Waals surface area contributed by atoms with Crippen LogP contribution in [0.3, 0.4) is 0 Å². The van der Waals surface area contributed by atoms with Gasteiger partial charge in [-0.1, -0.05) is 0 Å². The first-order valence-electron chi connectivity index (χ1n) is 5.51. The van der Waals surface area contributed by atoms with Gasteiger partial charge in [0, 0.05) is 5.69 Å². The third-order valence-corrected chi connectivity index (χ3v) is 2.43. The minimum atomic E-state index is -0.592. The summed E-state index contributed by atoms with van der Waals surface area (Å²) in [6, 6.07) is 4.48. The summed E-state index contributed by atoms with van der Waals surface area (Å²) in [6.07, 6.45) is -0.222. The van der Waals surface area contributed by atoms with Crippen LogP contribution in [0.25, 0.3) is 10.9 Å². The van der Waals surface area contributed by atoms with Gasteiger partial charge in [0.1, 0.15) is 5.78 Å². The second kappa shape index (κ2) is 4.89. The van der Waals surface area contributed by atoms with E-state index < -0.39 is 17.2 Å². The molecule has 2 aromatic rings. The third-order valence-electron chi connectivity index (χ3n) is 2.43. The molecule has 0 spiro atoms. The van der Waals surface area contributed by atoms with Gasteiger partial charge in [-0.15, -0.1) is 0 Å². The number of H-pyrrole nitrogens is 2. The van der Waals surface area contributed by atoms with Crippen molar-refractivity contribution in [2.75, 3.05) is 5.32 Å². The van der Waals surface area contributed by atoms with Crippen LogP contribution in [0.5, 0.6) is 0 Å². The number of rotatable bonds is 3. The maximum Gasteiger partial charge on any atom is 0.326 e. The molecule has 0 atom stereocenters. The fourth-order valence-electron chi connectivity index (χ4n) is 1.67. The van der Waals surface area contributed by atoms with Crippen molar-refractivity contribution in [3.8, 4) is 0 Å². The minimum absolute atomic E-state index is 0.222. The average Bonchev–Trinajstić information content (AvgIpc) is 2.28. The van der Waals surface area contributed by atoms with Crippen molar-refractivity contribution in [3.63, 3.8) is 0 Å². The molecule has 0 unspecified atom stereocenters. The molecule has 0 aliphatic rings. The van der Waals surface area contributed by atoms with Gasteiger partial charge in [-0.3, -0.25) is 19.4 Å². The highest BCUT2D eigenvalue weighted by Gasteiger charge is 2.07. The number of carbonyl (C=O) groups is 2. The molecule has 2 rings (SSSR count). The lowest BCUT2D eigenvalue weighted by atomic mass is 10.2. The van der Waals surface area contributed by atoms with Gasteiger partial charge in [0.25, 0.3) is 5.56 Å². The SMILES string of the molecule is CC(=O)CC(=O)Nc1ccc2[nH]c(=O)[nH]c(=O)c2c1. The van der Waals surface area contributed by atoms with Gasteiger partial charge < -0.3 is 10.3 Å². The molecule has 1 amide bonds. The predicted octanol–water partition coefficient (Wildman–Crippen LogP) is 0.134. The molecule has 0 saturated heterocycles. The van der Waals surface area contributed by atoms with Crippen molar-refractivity contribution in [1.29, 1.82) is 0 Å². The highest BCUT2D eigenvalue weighted by Crippen LogP contribution is 2.13. The number of fused-ring (bicyclic) bond motifs is 1. The Hall–Kier alpha value is -2.70. The molecule has 3 N–H and O–H groups in total. The molecular weight excluding hydrogens is 250 g/mol. The number of ketones is 1. The van der Waals surface area contributed by atoms with Gasteiger partial charge in [0.15, 0.2) is 0 Å². The first kappa shape index (κ1) is 12.7. The number of nitrogens with one attached hydrogen (secondary N) is 3. The van der Waals surface area contributed by atoms with Crippen LogP contribution >= 0.6 is 0 Å². The standard InChI is InChI=1S/C12H11N3O4/c1-6(16)4-10(17)13-7-2-3-9-8(5-7)11(18)15-12(19)14-9/h2-3,5H,4H2,1H3,(H,13,17)(H2,14,15,18,19). The van der Waals surface area contributed by atoms with Gasteiger partial charge in [0.2, 0.25) is 5.91 Å². The van der Waals surface area contributed by atoms with E-state index in [4.69, 9.17) is 0 Å². The normalized spacial score (nSPS) is 10.4. The van der Waals surface area contributed by atoms with E-state index in [1.54, 1.807) is 0 Å². The first-order valence-corrected chi connectivity index (χ1v) is 5.51. The Bertz CT molecular complexity index is 772. The molecule has 0 fully saturated rings. The van der Waals surface area contributed by atoms with Crippen LogP contribution in [0, 0.1) is 0 Å². The van der Waals surface area contributed by atoms with E-state index in [-0.39, 0.29) is 17.6 Å². The van der Waals surface area contributed by atoms with Crippen molar-refractivity contribution in [3.05, 3.63) is 39.0 Å². The van der Waals surface area contributed by atoms with E-state index in [1.165, 1.54) is 25.1 Å². The predicted molar refractivity (Wildman–Crippen MR) is 69.1 cm³/mol. The Labute approximate surface area is 106 Å². The van der Waals surface area contributed by atoms with Crippen LogP contribution < -0.4 is 16.6 Å². The van der Waals surface area contributed by atoms with Crippen molar-refractivity contribution < 1.29 is 9.59 Å². The van der Waals surface area contributed by atoms with Crippen LogP contribution in [-0.2, 0) is 9.59 Å². The molecule has 0 aliphatic heterocycles. The van der Waals surface area contributed by atoms with E-state index in [2.05, 4.69) is 15.3 Å². The quantitative estimate of drug-likeness (QED) is 0.682. The second-order valence-corrected chi connectivity index (χ2v) is 4.10. The van der Waals surface area contributed by atoms with Crippen molar-refractivity contribution in [1.82, 2.24) is 9.97 Å². The summed E-state index contributed by atoms with van der Waals surface area (Å²) in [5.41, 5.74) is -0.373. The molecule has 0 radical (unpaired) electrons. The molecule has 0 bridgehead atoms. The van der Waals surface area contributed by atoms with E-state index in [9.17, 15) is 19.2 Å². The molecule has 7 heteroatoms. The van der Waals surface area contributed by atoms with Gasteiger partial charge in [-0.25, -0.2) is 4.79 Å². The zero-order chi connectivity index (χ0) is 14.0. The zero-order valence-electron chi connectivity index (χ0n) is 10.1. The molecule has 98 valence electrons. The summed E-state index contributed by atoms with van der Waals surface area (Å²) >= 11 is 0. The Morgan fingerprint density at radius 1 is 1.21 bits per heavy atom. The maximum atomic E-state index is 11.6. The first-order chi connectivity index (χ1) is 8.95. The van der Waals surface area contributed by atoms with E-state index in [0.29, 0.717) is 11.2 Å². The van der Waals surface area contributed by atoms with Crippen LogP contribution in [0.15, 0.2) is 27.8 Å². The Balaban J connectivity index is 2.37. The number of aromatic nitrogens is 2. The number of carbonyl (C=O) groups excluding carboxylic acids is 2.